The summed E-state index contributed by atoms with van der Waals surface area (Å²) < 4.78 is 1.56. The van der Waals surface area contributed by atoms with Gasteiger partial charge in [-0.1, -0.05) is 26.3 Å². The first-order valence-electron chi connectivity index (χ1n) is 6.93. The average molecular weight is 288 g/mol. The number of benzene rings is 1. The van der Waals surface area contributed by atoms with Gasteiger partial charge in [0.25, 0.3) is 0 Å². The Morgan fingerprint density at radius 1 is 1.48 bits per heavy atom. The van der Waals surface area contributed by atoms with Gasteiger partial charge in [0, 0.05) is 5.69 Å². The van der Waals surface area contributed by atoms with Crippen LogP contribution < -0.4 is 11.1 Å². The number of rotatable bonds is 5. The number of anilines is 1. The highest BCUT2D eigenvalue weighted by Crippen LogP contribution is 2.19. The molecule has 0 saturated heterocycles. The molecule has 1 aromatic heterocycles. The highest BCUT2D eigenvalue weighted by Gasteiger charge is 2.19. The summed E-state index contributed by atoms with van der Waals surface area (Å²) in [5.41, 5.74) is 8.43. The lowest BCUT2D eigenvalue weighted by atomic mass is 9.99. The Morgan fingerprint density at radius 2 is 2.24 bits per heavy atom. The number of nitrogens with zero attached hydrogens (tertiary/aromatic N) is 4. The Balaban J connectivity index is 2.18. The molecular weight excluding hydrogens is 268 g/mol. The maximum Gasteiger partial charge on any atom is 0.241 e. The van der Waals surface area contributed by atoms with Crippen molar-refractivity contribution in [1.29, 1.82) is 0 Å². The van der Waals surface area contributed by atoms with Crippen molar-refractivity contribution in [1.82, 2.24) is 20.2 Å². The van der Waals surface area contributed by atoms with Crippen LogP contribution in [0.1, 0.15) is 25.8 Å². The molecule has 0 aliphatic rings. The largest absolute Gasteiger partial charge is 0.325 e. The molecule has 0 radical (unpaired) electrons. The Hall–Kier alpha value is -2.28. The standard InChI is InChI=1S/C14H20N6O/c1-4-9(2)13(15)14(21)17-11-6-5-10(3)12(7-11)20-8-16-18-19-20/h5-9,13H,4,15H2,1-3H3,(H,17,21)/t9?,13-/m0/s1. The number of nitrogens with two attached hydrogens (primary N) is 1. The van der Waals surface area contributed by atoms with Crippen LogP contribution in [0.2, 0.25) is 0 Å². The maximum absolute atomic E-state index is 12.1. The zero-order valence-electron chi connectivity index (χ0n) is 12.4. The SMILES string of the molecule is CCC(C)[C@H](N)C(=O)Nc1ccc(C)c(-n2cnnn2)c1. The molecule has 1 unspecified atom stereocenters. The van der Waals surface area contributed by atoms with Crippen LogP contribution in [0, 0.1) is 12.8 Å². The molecule has 21 heavy (non-hydrogen) atoms. The lowest BCUT2D eigenvalue weighted by Gasteiger charge is -2.18. The third-order valence-electron chi connectivity index (χ3n) is 3.63. The number of carbonyl (C=O) groups is 1. The fraction of sp³-hybridized carbons (Fsp3) is 0.429. The molecule has 2 rings (SSSR count). The quantitative estimate of drug-likeness (QED) is 0.863. The van der Waals surface area contributed by atoms with Crippen LogP contribution >= 0.6 is 0 Å². The van der Waals surface area contributed by atoms with Crippen molar-refractivity contribution in [2.45, 2.75) is 33.2 Å². The van der Waals surface area contributed by atoms with Crippen LogP contribution in [0.15, 0.2) is 24.5 Å². The molecule has 2 atom stereocenters. The summed E-state index contributed by atoms with van der Waals surface area (Å²) in [5.74, 6) is -0.0506. The van der Waals surface area contributed by atoms with E-state index in [4.69, 9.17) is 5.73 Å². The third kappa shape index (κ3) is 3.43. The molecule has 1 heterocycles. The summed E-state index contributed by atoms with van der Waals surface area (Å²) in [6.07, 6.45) is 2.37. The molecule has 7 nitrogen and oxygen atoms in total. The zero-order valence-corrected chi connectivity index (χ0v) is 12.4. The van der Waals surface area contributed by atoms with Crippen LogP contribution in [0.3, 0.4) is 0 Å². The Morgan fingerprint density at radius 3 is 2.86 bits per heavy atom. The van der Waals surface area contributed by atoms with Crippen molar-refractivity contribution >= 4 is 11.6 Å². The van der Waals surface area contributed by atoms with Gasteiger partial charge in [-0.05, 0) is 41.0 Å². The van der Waals surface area contributed by atoms with Crippen molar-refractivity contribution in [3.63, 3.8) is 0 Å². The molecule has 3 N–H and O–H groups in total. The lowest BCUT2D eigenvalue weighted by molar-refractivity contribution is -0.118. The highest BCUT2D eigenvalue weighted by atomic mass is 16.2. The van der Waals surface area contributed by atoms with E-state index in [2.05, 4.69) is 20.8 Å². The Labute approximate surface area is 123 Å². The fourth-order valence-corrected chi connectivity index (χ4v) is 1.94. The highest BCUT2D eigenvalue weighted by molar-refractivity contribution is 5.95. The van der Waals surface area contributed by atoms with E-state index in [0.29, 0.717) is 5.69 Å². The molecule has 1 aromatic carbocycles. The van der Waals surface area contributed by atoms with Gasteiger partial charge >= 0.3 is 0 Å². The zero-order chi connectivity index (χ0) is 15.4. The summed E-state index contributed by atoms with van der Waals surface area (Å²) in [6, 6.07) is 5.05. The summed E-state index contributed by atoms with van der Waals surface area (Å²) >= 11 is 0. The smallest absolute Gasteiger partial charge is 0.241 e. The van der Waals surface area contributed by atoms with Crippen LogP contribution in [0.4, 0.5) is 5.69 Å². The second-order valence-corrected chi connectivity index (χ2v) is 5.16. The third-order valence-corrected chi connectivity index (χ3v) is 3.63. The van der Waals surface area contributed by atoms with Gasteiger partial charge in [-0.2, -0.15) is 0 Å². The second kappa shape index (κ2) is 6.45. The van der Waals surface area contributed by atoms with Crippen molar-refractivity contribution in [3.8, 4) is 5.69 Å². The van der Waals surface area contributed by atoms with Crippen molar-refractivity contribution in [2.24, 2.45) is 11.7 Å². The van der Waals surface area contributed by atoms with Crippen LogP contribution in [-0.2, 0) is 4.79 Å². The molecule has 0 bridgehead atoms. The van der Waals surface area contributed by atoms with E-state index >= 15 is 0 Å². The van der Waals surface area contributed by atoms with Crippen LogP contribution in [-0.4, -0.2) is 32.2 Å². The predicted molar refractivity (Wildman–Crippen MR) is 80.0 cm³/mol. The first-order chi connectivity index (χ1) is 10.0. The van der Waals surface area contributed by atoms with Crippen molar-refractivity contribution < 1.29 is 4.79 Å². The van der Waals surface area contributed by atoms with Gasteiger partial charge in [-0.3, -0.25) is 4.79 Å². The van der Waals surface area contributed by atoms with Gasteiger partial charge in [0.2, 0.25) is 5.91 Å². The first kappa shape index (κ1) is 15.1. The van der Waals surface area contributed by atoms with E-state index in [-0.39, 0.29) is 11.8 Å². The van der Waals surface area contributed by atoms with Gasteiger partial charge in [0.05, 0.1) is 11.7 Å². The number of hydrogen-bond donors (Lipinski definition) is 2. The van der Waals surface area contributed by atoms with E-state index < -0.39 is 6.04 Å². The van der Waals surface area contributed by atoms with E-state index in [1.54, 1.807) is 4.68 Å². The molecule has 2 aromatic rings. The van der Waals surface area contributed by atoms with E-state index in [1.807, 2.05) is 39.0 Å². The molecule has 0 spiro atoms. The van der Waals surface area contributed by atoms with Gasteiger partial charge in [-0.25, -0.2) is 4.68 Å². The van der Waals surface area contributed by atoms with Gasteiger partial charge < -0.3 is 11.1 Å². The van der Waals surface area contributed by atoms with E-state index in [9.17, 15) is 4.79 Å². The van der Waals surface area contributed by atoms with Crippen LogP contribution in [0.5, 0.6) is 0 Å². The second-order valence-electron chi connectivity index (χ2n) is 5.16. The van der Waals surface area contributed by atoms with Gasteiger partial charge in [0.1, 0.15) is 6.33 Å². The summed E-state index contributed by atoms with van der Waals surface area (Å²) in [6.45, 7) is 5.93. The molecule has 0 fully saturated rings. The topological polar surface area (TPSA) is 98.7 Å². The molecular formula is C14H20N6O. The van der Waals surface area contributed by atoms with Gasteiger partial charge in [-0.15, -0.1) is 5.10 Å². The van der Waals surface area contributed by atoms with Crippen molar-refractivity contribution in [3.05, 3.63) is 30.1 Å². The number of aromatic nitrogens is 4. The number of tetrazole rings is 1. The van der Waals surface area contributed by atoms with E-state index in [1.165, 1.54) is 6.33 Å². The summed E-state index contributed by atoms with van der Waals surface area (Å²) in [4.78, 5) is 12.1. The number of nitrogens with one attached hydrogen (secondary N) is 1. The number of hydrogen-bond acceptors (Lipinski definition) is 5. The number of amides is 1. The molecule has 7 heteroatoms. The molecule has 0 aliphatic heterocycles. The van der Waals surface area contributed by atoms with Gasteiger partial charge in [0.15, 0.2) is 0 Å². The predicted octanol–water partition coefficient (Wildman–Crippen LogP) is 1.28. The van der Waals surface area contributed by atoms with E-state index in [0.717, 1.165) is 17.7 Å². The monoisotopic (exact) mass is 288 g/mol. The number of aryl methyl sites for hydroxylation is 1. The maximum atomic E-state index is 12.1. The number of carbonyl (C=O) groups excluding carboxylic acids is 1. The average Bonchev–Trinajstić information content (AvgIpc) is 3.01. The first-order valence-corrected chi connectivity index (χ1v) is 6.93. The fourth-order valence-electron chi connectivity index (χ4n) is 1.94. The van der Waals surface area contributed by atoms with Crippen molar-refractivity contribution in [2.75, 3.05) is 5.32 Å². The molecule has 1 amide bonds. The minimum atomic E-state index is -0.521. The molecule has 112 valence electrons. The molecule has 0 saturated carbocycles. The summed E-state index contributed by atoms with van der Waals surface area (Å²) in [7, 11) is 0. The normalized spacial score (nSPS) is 13.7. The Kier molecular flexibility index (Phi) is 4.64. The lowest BCUT2D eigenvalue weighted by Crippen LogP contribution is -2.40. The molecule has 0 aliphatic carbocycles. The minimum absolute atomic E-state index is 0.134. The Bertz CT molecular complexity index is 610. The summed E-state index contributed by atoms with van der Waals surface area (Å²) in [5, 5.41) is 13.9. The van der Waals surface area contributed by atoms with Crippen LogP contribution in [0.25, 0.3) is 5.69 Å². The minimum Gasteiger partial charge on any atom is -0.325 e.